The summed E-state index contributed by atoms with van der Waals surface area (Å²) < 4.78 is 19.3. The second-order valence-corrected chi connectivity index (χ2v) is 9.05. The molecule has 0 aliphatic carbocycles. The molecule has 38 heavy (non-hydrogen) atoms. The standard InChI is InChI=1S/C28H27N3O7/c1-18-4-8-20(9-5-18)26(33)36-17-23-22(38-27(34)21-10-6-19(2)7-11-21)16-25(37-23)31-24(32)12-15-30(28(31)35)14-3-13-29/h4-12,15,22-23,25H,3,14,16-17H2,1-2H3/t22?,23-,25?/m1/s1. The largest absolute Gasteiger partial charge is 0.459 e. The van der Waals surface area contributed by atoms with Crippen LogP contribution in [0.1, 0.15) is 50.9 Å². The molecule has 2 unspecified atom stereocenters. The molecular formula is C28H27N3O7. The number of esters is 2. The maximum atomic E-state index is 13.0. The first kappa shape index (κ1) is 26.6. The summed E-state index contributed by atoms with van der Waals surface area (Å²) in [5.41, 5.74) is 1.37. The highest BCUT2D eigenvalue weighted by molar-refractivity contribution is 5.90. The zero-order valence-corrected chi connectivity index (χ0v) is 21.0. The van der Waals surface area contributed by atoms with Crippen LogP contribution >= 0.6 is 0 Å². The van der Waals surface area contributed by atoms with Gasteiger partial charge < -0.3 is 14.2 Å². The smallest absolute Gasteiger partial charge is 0.338 e. The Bertz CT molecular complexity index is 1470. The molecule has 0 N–H and O–H groups in total. The van der Waals surface area contributed by atoms with E-state index in [0.29, 0.717) is 11.1 Å². The molecule has 3 atom stereocenters. The summed E-state index contributed by atoms with van der Waals surface area (Å²) in [6, 6.07) is 16.8. The molecule has 0 bridgehead atoms. The third-order valence-corrected chi connectivity index (χ3v) is 6.23. The van der Waals surface area contributed by atoms with E-state index in [-0.39, 0.29) is 26.0 Å². The summed E-state index contributed by atoms with van der Waals surface area (Å²) >= 11 is 0. The lowest BCUT2D eigenvalue weighted by atomic mass is 10.1. The van der Waals surface area contributed by atoms with Crippen molar-refractivity contribution in [1.82, 2.24) is 9.13 Å². The minimum Gasteiger partial charge on any atom is -0.459 e. The average Bonchev–Trinajstić information content (AvgIpc) is 3.29. The number of carbonyl (C=O) groups is 2. The van der Waals surface area contributed by atoms with Crippen LogP contribution in [0.4, 0.5) is 0 Å². The first-order chi connectivity index (χ1) is 18.3. The highest BCUT2D eigenvalue weighted by atomic mass is 16.6. The van der Waals surface area contributed by atoms with Gasteiger partial charge in [0.25, 0.3) is 5.56 Å². The highest BCUT2D eigenvalue weighted by Crippen LogP contribution is 2.30. The van der Waals surface area contributed by atoms with Gasteiger partial charge in [-0.3, -0.25) is 9.36 Å². The zero-order chi connectivity index (χ0) is 27.2. The van der Waals surface area contributed by atoms with Crippen LogP contribution in [0, 0.1) is 25.2 Å². The molecular weight excluding hydrogens is 490 g/mol. The van der Waals surface area contributed by atoms with Crippen LogP contribution in [0.5, 0.6) is 0 Å². The van der Waals surface area contributed by atoms with Crippen LogP contribution in [-0.4, -0.2) is 39.9 Å². The molecule has 2 heterocycles. The lowest BCUT2D eigenvalue weighted by Crippen LogP contribution is -2.41. The Hall–Kier alpha value is -4.49. The number of benzene rings is 2. The van der Waals surface area contributed by atoms with Crippen molar-refractivity contribution in [2.24, 2.45) is 0 Å². The first-order valence-electron chi connectivity index (χ1n) is 12.1. The van der Waals surface area contributed by atoms with Crippen LogP contribution in [0.25, 0.3) is 0 Å². The van der Waals surface area contributed by atoms with Gasteiger partial charge in [0.2, 0.25) is 0 Å². The molecule has 0 saturated carbocycles. The van der Waals surface area contributed by atoms with Crippen molar-refractivity contribution in [3.8, 4) is 6.07 Å². The number of nitriles is 1. The van der Waals surface area contributed by atoms with E-state index in [9.17, 15) is 19.2 Å². The molecule has 1 aliphatic rings. The van der Waals surface area contributed by atoms with Crippen molar-refractivity contribution in [2.45, 2.75) is 51.7 Å². The van der Waals surface area contributed by atoms with Gasteiger partial charge >= 0.3 is 17.6 Å². The number of hydrogen-bond donors (Lipinski definition) is 0. The van der Waals surface area contributed by atoms with Crippen molar-refractivity contribution < 1.29 is 23.8 Å². The molecule has 1 aliphatic heterocycles. The zero-order valence-electron chi connectivity index (χ0n) is 21.0. The molecule has 3 aromatic rings. The molecule has 2 aromatic carbocycles. The lowest BCUT2D eigenvalue weighted by Gasteiger charge is -2.19. The number of hydrogen-bond acceptors (Lipinski definition) is 8. The van der Waals surface area contributed by atoms with Gasteiger partial charge in [0.1, 0.15) is 25.0 Å². The van der Waals surface area contributed by atoms with E-state index in [2.05, 4.69) is 0 Å². The Labute approximate surface area is 218 Å². The molecule has 4 rings (SSSR count). The van der Waals surface area contributed by atoms with E-state index < -0.39 is 41.6 Å². The van der Waals surface area contributed by atoms with Gasteiger partial charge in [-0.15, -0.1) is 0 Å². The molecule has 196 valence electrons. The predicted molar refractivity (Wildman–Crippen MR) is 136 cm³/mol. The van der Waals surface area contributed by atoms with Crippen LogP contribution in [0.3, 0.4) is 0 Å². The summed E-state index contributed by atoms with van der Waals surface area (Å²) in [7, 11) is 0. The van der Waals surface area contributed by atoms with Gasteiger partial charge in [0, 0.05) is 25.2 Å². The molecule has 10 nitrogen and oxygen atoms in total. The van der Waals surface area contributed by atoms with Gasteiger partial charge in [0.05, 0.1) is 23.6 Å². The Morgan fingerprint density at radius 3 is 2.18 bits per heavy atom. The van der Waals surface area contributed by atoms with Crippen LogP contribution in [0.15, 0.2) is 70.4 Å². The average molecular weight is 518 g/mol. The number of rotatable bonds is 8. The van der Waals surface area contributed by atoms with Crippen molar-refractivity contribution in [1.29, 1.82) is 5.26 Å². The molecule has 1 aromatic heterocycles. The Balaban J connectivity index is 1.57. The predicted octanol–water partition coefficient (Wildman–Crippen LogP) is 2.91. The molecule has 10 heteroatoms. The van der Waals surface area contributed by atoms with Crippen molar-refractivity contribution >= 4 is 11.9 Å². The molecule has 1 fully saturated rings. The Morgan fingerprint density at radius 1 is 0.974 bits per heavy atom. The third-order valence-electron chi connectivity index (χ3n) is 6.23. The molecule has 1 saturated heterocycles. The third kappa shape index (κ3) is 6.07. The number of aryl methyl sites for hydroxylation is 3. The van der Waals surface area contributed by atoms with Crippen molar-refractivity contribution in [3.63, 3.8) is 0 Å². The van der Waals surface area contributed by atoms with Gasteiger partial charge in [-0.2, -0.15) is 5.26 Å². The van der Waals surface area contributed by atoms with E-state index >= 15 is 0 Å². The van der Waals surface area contributed by atoms with Crippen molar-refractivity contribution in [2.75, 3.05) is 6.61 Å². The fraction of sp³-hybridized carbons (Fsp3) is 0.321. The minimum atomic E-state index is -1.07. The van der Waals surface area contributed by atoms with Crippen molar-refractivity contribution in [3.05, 3.63) is 104 Å². The number of nitrogens with zero attached hydrogens (tertiary/aromatic N) is 3. The normalized spacial score (nSPS) is 18.5. The second-order valence-electron chi connectivity index (χ2n) is 9.05. The van der Waals surface area contributed by atoms with E-state index in [1.54, 1.807) is 48.5 Å². The molecule has 0 amide bonds. The fourth-order valence-electron chi connectivity index (χ4n) is 4.09. The summed E-state index contributed by atoms with van der Waals surface area (Å²) in [6.07, 6.45) is -1.51. The Kier molecular flexibility index (Phi) is 8.19. The summed E-state index contributed by atoms with van der Waals surface area (Å²) in [4.78, 5) is 51.1. The number of aromatic nitrogens is 2. The van der Waals surface area contributed by atoms with E-state index in [1.807, 2.05) is 19.9 Å². The maximum absolute atomic E-state index is 13.0. The maximum Gasteiger partial charge on any atom is 0.338 e. The SMILES string of the molecule is Cc1ccc(C(=O)OC[C@H]2OC(n3c(=O)ccn(CCC#N)c3=O)CC2OC(=O)c2ccc(C)cc2)cc1. The number of carbonyl (C=O) groups excluding carboxylic acids is 2. The summed E-state index contributed by atoms with van der Waals surface area (Å²) in [6.45, 7) is 3.63. The highest BCUT2D eigenvalue weighted by Gasteiger charge is 2.41. The van der Waals surface area contributed by atoms with E-state index in [1.165, 1.54) is 16.8 Å². The summed E-state index contributed by atoms with van der Waals surface area (Å²) in [5, 5.41) is 8.87. The monoisotopic (exact) mass is 517 g/mol. The van der Waals surface area contributed by atoms with Crippen LogP contribution in [-0.2, 0) is 20.8 Å². The lowest BCUT2D eigenvalue weighted by molar-refractivity contribution is -0.0592. The minimum absolute atomic E-state index is 0.0121. The Morgan fingerprint density at radius 2 is 1.58 bits per heavy atom. The van der Waals surface area contributed by atoms with Gasteiger partial charge in [-0.25, -0.2) is 19.0 Å². The second kappa shape index (κ2) is 11.7. The quantitative estimate of drug-likeness (QED) is 0.417. The fourth-order valence-corrected chi connectivity index (χ4v) is 4.09. The number of ether oxygens (including phenoxy) is 3. The van der Waals surface area contributed by atoms with E-state index in [4.69, 9.17) is 19.5 Å². The molecule has 0 radical (unpaired) electrons. The van der Waals surface area contributed by atoms with Crippen LogP contribution in [0.2, 0.25) is 0 Å². The van der Waals surface area contributed by atoms with E-state index in [0.717, 1.165) is 15.7 Å². The van der Waals surface area contributed by atoms with Gasteiger partial charge in [0.15, 0.2) is 0 Å². The van der Waals surface area contributed by atoms with Gasteiger partial charge in [-0.05, 0) is 38.1 Å². The summed E-state index contributed by atoms with van der Waals surface area (Å²) in [5.74, 6) is -1.20. The van der Waals surface area contributed by atoms with Crippen LogP contribution < -0.4 is 11.2 Å². The first-order valence-corrected chi connectivity index (χ1v) is 12.1. The topological polar surface area (TPSA) is 130 Å². The van der Waals surface area contributed by atoms with Gasteiger partial charge in [-0.1, -0.05) is 35.4 Å². The molecule has 0 spiro atoms.